The first-order valence-electron chi connectivity index (χ1n) is 11.0. The summed E-state index contributed by atoms with van der Waals surface area (Å²) in [6, 6.07) is 7.32. The molecule has 0 saturated heterocycles. The number of carbonyl (C=O) groups excluding carboxylic acids is 2. The fraction of sp³-hybridized carbons (Fsp3) is 0.583. The number of nitrogens with zero attached hydrogens (tertiary/aromatic N) is 2. The summed E-state index contributed by atoms with van der Waals surface area (Å²) in [6.45, 7) is 16.3. The second-order valence-electron chi connectivity index (χ2n) is 10.8. The smallest absolute Gasteiger partial charge is 0.408 e. The van der Waals surface area contributed by atoms with Crippen LogP contribution in [0.2, 0.25) is 13.1 Å². The Kier molecular flexibility index (Phi) is 6.50. The SMILES string of the molecule is CN1C[C@H](NC(=O)OC(C)(C)C)C(=O)n2c(C(O[Si](C)C)C(C)(C)C)cc3cccc1c32. The van der Waals surface area contributed by atoms with Crippen molar-refractivity contribution in [3.8, 4) is 0 Å². The number of hydrogen-bond donors (Lipinski definition) is 1. The summed E-state index contributed by atoms with van der Waals surface area (Å²) in [5.74, 6) is -0.184. The van der Waals surface area contributed by atoms with Gasteiger partial charge in [0.15, 0.2) is 0 Å². The van der Waals surface area contributed by atoms with Gasteiger partial charge in [-0.3, -0.25) is 9.36 Å². The van der Waals surface area contributed by atoms with Gasteiger partial charge in [-0.05, 0) is 51.4 Å². The van der Waals surface area contributed by atoms with Crippen molar-refractivity contribution < 1.29 is 18.8 Å². The molecule has 32 heavy (non-hydrogen) atoms. The molecule has 0 bridgehead atoms. The van der Waals surface area contributed by atoms with E-state index in [1.54, 1.807) is 25.3 Å². The van der Waals surface area contributed by atoms with Crippen LogP contribution in [0.25, 0.3) is 10.9 Å². The first-order chi connectivity index (χ1) is 14.7. The van der Waals surface area contributed by atoms with E-state index in [0.717, 1.165) is 22.3 Å². The number of carbonyl (C=O) groups is 2. The Morgan fingerprint density at radius 1 is 1.19 bits per heavy atom. The number of benzene rings is 1. The highest BCUT2D eigenvalue weighted by molar-refractivity contribution is 6.48. The molecule has 175 valence electrons. The molecule has 1 unspecified atom stereocenters. The maximum Gasteiger partial charge on any atom is 0.408 e. The van der Waals surface area contributed by atoms with E-state index < -0.39 is 26.8 Å². The lowest BCUT2D eigenvalue weighted by Gasteiger charge is -2.33. The minimum Gasteiger partial charge on any atom is -0.444 e. The molecule has 1 amide bonds. The molecule has 3 rings (SSSR count). The highest BCUT2D eigenvalue weighted by atomic mass is 28.3. The van der Waals surface area contributed by atoms with Gasteiger partial charge in [0.2, 0.25) is 9.04 Å². The fourth-order valence-electron chi connectivity index (χ4n) is 4.08. The standard InChI is InChI=1S/C24H36N3O4Si/c1-23(2,3)20(31-32(8)9)18-13-15-11-10-12-17-19(15)27(18)21(28)16(14-26(17)7)25-22(29)30-24(4,5)6/h10-13,16,20H,14H2,1-9H3,(H,25,29)/t16-,20?/m0/s1. The summed E-state index contributed by atoms with van der Waals surface area (Å²) < 4.78 is 13.6. The van der Waals surface area contributed by atoms with Crippen molar-refractivity contribution in [1.29, 1.82) is 0 Å². The van der Waals surface area contributed by atoms with Gasteiger partial charge in [0.05, 0.1) is 23.0 Å². The van der Waals surface area contributed by atoms with Gasteiger partial charge in [0, 0.05) is 19.0 Å². The zero-order valence-electron chi connectivity index (χ0n) is 20.7. The van der Waals surface area contributed by atoms with Crippen LogP contribution in [0.4, 0.5) is 10.5 Å². The summed E-state index contributed by atoms with van der Waals surface area (Å²) in [4.78, 5) is 28.4. The number of aromatic nitrogens is 1. The summed E-state index contributed by atoms with van der Waals surface area (Å²) in [7, 11) is 0.905. The molecular weight excluding hydrogens is 422 g/mol. The summed E-state index contributed by atoms with van der Waals surface area (Å²) >= 11 is 0. The minimum absolute atomic E-state index is 0.184. The Morgan fingerprint density at radius 3 is 2.41 bits per heavy atom. The predicted molar refractivity (Wildman–Crippen MR) is 130 cm³/mol. The van der Waals surface area contributed by atoms with Gasteiger partial charge in [-0.15, -0.1) is 0 Å². The van der Waals surface area contributed by atoms with E-state index in [2.05, 4.69) is 45.2 Å². The van der Waals surface area contributed by atoms with Crippen LogP contribution in [0.5, 0.6) is 0 Å². The van der Waals surface area contributed by atoms with E-state index in [4.69, 9.17) is 9.16 Å². The Morgan fingerprint density at radius 2 is 1.84 bits per heavy atom. The normalized spacial score (nSPS) is 18.1. The quantitative estimate of drug-likeness (QED) is 0.654. The van der Waals surface area contributed by atoms with E-state index in [9.17, 15) is 9.59 Å². The summed E-state index contributed by atoms with van der Waals surface area (Å²) in [6.07, 6.45) is -0.863. The molecule has 1 radical (unpaired) electrons. The summed E-state index contributed by atoms with van der Waals surface area (Å²) in [5.41, 5.74) is 1.75. The van der Waals surface area contributed by atoms with E-state index in [1.165, 1.54) is 0 Å². The first-order valence-corrected chi connectivity index (χ1v) is 13.5. The van der Waals surface area contributed by atoms with Crippen molar-refractivity contribution in [2.45, 2.75) is 72.4 Å². The van der Waals surface area contributed by atoms with Crippen molar-refractivity contribution in [2.24, 2.45) is 5.41 Å². The van der Waals surface area contributed by atoms with Crippen LogP contribution >= 0.6 is 0 Å². The zero-order valence-corrected chi connectivity index (χ0v) is 21.7. The predicted octanol–water partition coefficient (Wildman–Crippen LogP) is 4.98. The van der Waals surface area contributed by atoms with E-state index in [1.807, 2.05) is 30.1 Å². The van der Waals surface area contributed by atoms with Crippen LogP contribution in [0.3, 0.4) is 0 Å². The summed E-state index contributed by atoms with van der Waals surface area (Å²) in [5, 5.41) is 3.78. The number of anilines is 1. The van der Waals surface area contributed by atoms with Crippen LogP contribution in [0.1, 0.15) is 58.1 Å². The van der Waals surface area contributed by atoms with Gasteiger partial charge >= 0.3 is 6.09 Å². The average molecular weight is 459 g/mol. The molecule has 1 aliphatic rings. The minimum atomic E-state index is -1.03. The molecule has 1 N–H and O–H groups in total. The molecule has 1 aliphatic heterocycles. The van der Waals surface area contributed by atoms with E-state index >= 15 is 0 Å². The van der Waals surface area contributed by atoms with Gasteiger partial charge in [0.1, 0.15) is 11.6 Å². The number of likely N-dealkylation sites (N-methyl/N-ethyl adjacent to an activating group) is 1. The molecule has 2 atom stereocenters. The highest BCUT2D eigenvalue weighted by Crippen LogP contribution is 2.41. The molecule has 2 heterocycles. The third kappa shape index (κ3) is 5.01. The Labute approximate surface area is 192 Å². The lowest BCUT2D eigenvalue weighted by atomic mass is 9.87. The van der Waals surface area contributed by atoms with Gasteiger partial charge in [-0.1, -0.05) is 32.9 Å². The third-order valence-electron chi connectivity index (χ3n) is 5.32. The van der Waals surface area contributed by atoms with Crippen molar-refractivity contribution in [1.82, 2.24) is 9.88 Å². The number of para-hydroxylation sites is 1. The van der Waals surface area contributed by atoms with Crippen molar-refractivity contribution in [2.75, 3.05) is 18.5 Å². The number of rotatable bonds is 4. The Balaban J connectivity index is 2.15. The van der Waals surface area contributed by atoms with Crippen LogP contribution < -0.4 is 10.2 Å². The Bertz CT molecular complexity index is 1020. The second kappa shape index (κ2) is 8.55. The first kappa shape index (κ1) is 24.3. The van der Waals surface area contributed by atoms with Crippen LogP contribution in [-0.2, 0) is 9.16 Å². The molecule has 7 nitrogen and oxygen atoms in total. The Hall–Kier alpha value is -2.32. The van der Waals surface area contributed by atoms with Gasteiger partial charge in [0.25, 0.3) is 5.91 Å². The molecule has 0 fully saturated rings. The molecule has 0 saturated carbocycles. The van der Waals surface area contributed by atoms with Crippen LogP contribution in [-0.4, -0.2) is 50.8 Å². The molecule has 0 aliphatic carbocycles. The van der Waals surface area contributed by atoms with Crippen molar-refractivity contribution >= 4 is 37.6 Å². The maximum absolute atomic E-state index is 13.9. The number of ether oxygens (including phenoxy) is 1. The number of alkyl carbamates (subject to hydrolysis) is 1. The number of nitrogens with one attached hydrogen (secondary N) is 1. The number of hydrogen-bond acceptors (Lipinski definition) is 5. The van der Waals surface area contributed by atoms with Crippen molar-refractivity contribution in [3.63, 3.8) is 0 Å². The van der Waals surface area contributed by atoms with Gasteiger partial charge in [-0.25, -0.2) is 4.79 Å². The average Bonchev–Trinajstić information content (AvgIpc) is 2.96. The molecule has 1 aromatic heterocycles. The molecule has 2 aromatic rings. The van der Waals surface area contributed by atoms with Crippen LogP contribution in [0.15, 0.2) is 24.3 Å². The maximum atomic E-state index is 13.9. The van der Waals surface area contributed by atoms with E-state index in [-0.39, 0.29) is 17.4 Å². The van der Waals surface area contributed by atoms with Gasteiger partial charge < -0.3 is 19.4 Å². The highest BCUT2D eigenvalue weighted by Gasteiger charge is 2.38. The molecule has 1 aromatic carbocycles. The molecule has 0 spiro atoms. The monoisotopic (exact) mass is 458 g/mol. The van der Waals surface area contributed by atoms with Crippen molar-refractivity contribution in [3.05, 3.63) is 30.0 Å². The van der Waals surface area contributed by atoms with Crippen LogP contribution in [0, 0.1) is 5.41 Å². The lowest BCUT2D eigenvalue weighted by molar-refractivity contribution is 0.0479. The second-order valence-corrected chi connectivity index (χ2v) is 12.9. The van der Waals surface area contributed by atoms with E-state index in [0.29, 0.717) is 6.54 Å². The largest absolute Gasteiger partial charge is 0.444 e. The fourth-order valence-corrected chi connectivity index (χ4v) is 5.03. The molecular formula is C24H36N3O4Si. The molecule has 8 heteroatoms. The lowest BCUT2D eigenvalue weighted by Crippen LogP contribution is -2.50. The topological polar surface area (TPSA) is 72.8 Å². The number of amides is 1. The van der Waals surface area contributed by atoms with Gasteiger partial charge in [-0.2, -0.15) is 0 Å². The zero-order chi connectivity index (χ0) is 24.0. The third-order valence-corrected chi connectivity index (χ3v) is 6.02.